The van der Waals surface area contributed by atoms with Crippen LogP contribution >= 0.6 is 0 Å². The van der Waals surface area contributed by atoms with Crippen molar-refractivity contribution in [3.63, 3.8) is 0 Å². The zero-order chi connectivity index (χ0) is 25.2. The SMILES string of the molecule is CCNC(=O)C[C@@H]1CC[C@@H]2[C@H](COc3ccc(NS(=O)(=O)c4ccccc4C)cc3C(=O)N2C)O1. The zero-order valence-corrected chi connectivity index (χ0v) is 20.9. The number of aryl methyl sites for hydroxylation is 1. The summed E-state index contributed by atoms with van der Waals surface area (Å²) >= 11 is 0. The largest absolute Gasteiger partial charge is 0.490 e. The number of fused-ring (bicyclic) bond motifs is 2. The summed E-state index contributed by atoms with van der Waals surface area (Å²) in [5, 5.41) is 2.79. The predicted molar refractivity (Wildman–Crippen MR) is 131 cm³/mol. The van der Waals surface area contributed by atoms with E-state index < -0.39 is 10.0 Å². The first-order valence-electron chi connectivity index (χ1n) is 11.7. The molecule has 0 bridgehead atoms. The summed E-state index contributed by atoms with van der Waals surface area (Å²) < 4.78 is 40.5. The molecule has 2 heterocycles. The first-order valence-corrected chi connectivity index (χ1v) is 13.2. The molecule has 2 aromatic carbocycles. The Morgan fingerprint density at radius 2 is 1.94 bits per heavy atom. The minimum atomic E-state index is -3.83. The van der Waals surface area contributed by atoms with Gasteiger partial charge in [-0.3, -0.25) is 14.3 Å². The topological polar surface area (TPSA) is 114 Å². The molecular formula is C25H31N3O6S. The van der Waals surface area contributed by atoms with Gasteiger partial charge in [-0.15, -0.1) is 0 Å². The van der Waals surface area contributed by atoms with Crippen LogP contribution < -0.4 is 14.8 Å². The third-order valence-corrected chi connectivity index (χ3v) is 7.98. The van der Waals surface area contributed by atoms with Gasteiger partial charge in [0.15, 0.2) is 0 Å². The number of nitrogens with one attached hydrogen (secondary N) is 2. The summed E-state index contributed by atoms with van der Waals surface area (Å²) in [6, 6.07) is 11.2. The van der Waals surface area contributed by atoms with E-state index in [1.807, 2.05) is 6.92 Å². The van der Waals surface area contributed by atoms with Crippen molar-refractivity contribution in [1.82, 2.24) is 10.2 Å². The van der Waals surface area contributed by atoms with Gasteiger partial charge in [0.25, 0.3) is 15.9 Å². The molecule has 2 aliphatic heterocycles. The number of ether oxygens (including phenoxy) is 2. The number of rotatable bonds is 6. The molecule has 188 valence electrons. The summed E-state index contributed by atoms with van der Waals surface area (Å²) in [5.74, 6) is 0.0178. The molecule has 0 unspecified atom stereocenters. The molecule has 3 atom stereocenters. The fourth-order valence-corrected chi connectivity index (χ4v) is 5.93. The van der Waals surface area contributed by atoms with Crippen LogP contribution in [0, 0.1) is 6.92 Å². The standard InChI is InChI=1S/C25H31N3O6S/c1-4-26-24(29)14-18-10-11-20-22(34-18)15-33-21-12-9-17(13-19(21)25(30)28(20)3)27-35(31,32)23-8-6-5-7-16(23)2/h5-9,12-13,18,20,22,27H,4,10-11,14-15H2,1-3H3,(H,26,29)/t18-,20+,22-/m0/s1. The van der Waals surface area contributed by atoms with Gasteiger partial charge < -0.3 is 19.7 Å². The summed E-state index contributed by atoms with van der Waals surface area (Å²) in [6.45, 7) is 4.38. The first kappa shape index (κ1) is 25.0. The minimum absolute atomic E-state index is 0.0573. The van der Waals surface area contributed by atoms with Gasteiger partial charge in [0.05, 0.1) is 29.0 Å². The van der Waals surface area contributed by atoms with E-state index in [-0.39, 0.29) is 59.2 Å². The molecule has 2 amide bonds. The van der Waals surface area contributed by atoms with E-state index in [4.69, 9.17) is 9.47 Å². The maximum atomic E-state index is 13.4. The molecule has 0 radical (unpaired) electrons. The van der Waals surface area contributed by atoms with Crippen molar-refractivity contribution < 1.29 is 27.5 Å². The van der Waals surface area contributed by atoms with Crippen LogP contribution in [0.4, 0.5) is 5.69 Å². The zero-order valence-electron chi connectivity index (χ0n) is 20.1. The Balaban J connectivity index is 1.54. The van der Waals surface area contributed by atoms with E-state index in [1.54, 1.807) is 49.2 Å². The molecule has 10 heteroatoms. The van der Waals surface area contributed by atoms with Crippen molar-refractivity contribution in [2.24, 2.45) is 0 Å². The van der Waals surface area contributed by atoms with E-state index >= 15 is 0 Å². The van der Waals surface area contributed by atoms with Crippen molar-refractivity contribution >= 4 is 27.5 Å². The lowest BCUT2D eigenvalue weighted by atomic mass is 9.94. The number of anilines is 1. The fourth-order valence-electron chi connectivity index (χ4n) is 4.64. The van der Waals surface area contributed by atoms with Crippen molar-refractivity contribution in [2.45, 2.75) is 56.3 Å². The fraction of sp³-hybridized carbons (Fsp3) is 0.440. The number of hydrogen-bond donors (Lipinski definition) is 2. The van der Waals surface area contributed by atoms with Gasteiger partial charge in [-0.2, -0.15) is 0 Å². The highest BCUT2D eigenvalue weighted by molar-refractivity contribution is 7.92. The highest BCUT2D eigenvalue weighted by atomic mass is 32.2. The predicted octanol–water partition coefficient (Wildman–Crippen LogP) is 2.70. The molecule has 2 N–H and O–H groups in total. The number of likely N-dealkylation sites (N-methyl/N-ethyl adjacent to an activating group) is 1. The highest BCUT2D eigenvalue weighted by Crippen LogP contribution is 2.33. The Morgan fingerprint density at radius 1 is 1.17 bits per heavy atom. The summed E-state index contributed by atoms with van der Waals surface area (Å²) in [4.78, 5) is 27.2. The van der Waals surface area contributed by atoms with Gasteiger partial charge >= 0.3 is 0 Å². The molecule has 1 fully saturated rings. The number of hydrogen-bond acceptors (Lipinski definition) is 6. The number of benzene rings is 2. The Morgan fingerprint density at radius 3 is 2.69 bits per heavy atom. The van der Waals surface area contributed by atoms with Crippen molar-refractivity contribution in [3.05, 3.63) is 53.6 Å². The van der Waals surface area contributed by atoms with Crippen LogP contribution in [0.2, 0.25) is 0 Å². The van der Waals surface area contributed by atoms with Crippen LogP contribution in [0.15, 0.2) is 47.4 Å². The summed E-state index contributed by atoms with van der Waals surface area (Å²) in [7, 11) is -2.11. The normalized spacial score (nSPS) is 22.2. The second-order valence-corrected chi connectivity index (χ2v) is 10.6. The molecule has 0 aliphatic carbocycles. The molecule has 2 aliphatic rings. The number of carbonyl (C=O) groups excluding carboxylic acids is 2. The van der Waals surface area contributed by atoms with Crippen molar-refractivity contribution in [2.75, 3.05) is 24.9 Å². The van der Waals surface area contributed by atoms with E-state index in [2.05, 4.69) is 10.0 Å². The van der Waals surface area contributed by atoms with Gasteiger partial charge in [0.2, 0.25) is 5.91 Å². The lowest BCUT2D eigenvalue weighted by molar-refractivity contribution is -0.133. The Labute approximate surface area is 205 Å². The maximum absolute atomic E-state index is 13.4. The van der Waals surface area contributed by atoms with Crippen molar-refractivity contribution in [1.29, 1.82) is 0 Å². The third kappa shape index (κ3) is 5.43. The number of sulfonamides is 1. The molecule has 35 heavy (non-hydrogen) atoms. The quantitative estimate of drug-likeness (QED) is 0.629. The highest BCUT2D eigenvalue weighted by Gasteiger charge is 2.39. The molecule has 9 nitrogen and oxygen atoms in total. The van der Waals surface area contributed by atoms with Gasteiger partial charge in [0, 0.05) is 19.3 Å². The average Bonchev–Trinajstić information content (AvgIpc) is 2.82. The Hall–Kier alpha value is -3.11. The number of carbonyl (C=O) groups is 2. The molecule has 0 spiro atoms. The summed E-state index contributed by atoms with van der Waals surface area (Å²) in [5.41, 5.74) is 1.18. The molecule has 1 saturated heterocycles. The van der Waals surface area contributed by atoms with Crippen LogP contribution in [-0.4, -0.2) is 63.6 Å². The van der Waals surface area contributed by atoms with Gasteiger partial charge in [-0.05, 0) is 56.5 Å². The minimum Gasteiger partial charge on any atom is -0.490 e. The molecule has 4 rings (SSSR count). The molecule has 2 aromatic rings. The van der Waals surface area contributed by atoms with E-state index in [0.29, 0.717) is 30.7 Å². The number of nitrogens with zero attached hydrogens (tertiary/aromatic N) is 1. The van der Waals surface area contributed by atoms with Gasteiger partial charge in [0.1, 0.15) is 18.5 Å². The average molecular weight is 502 g/mol. The molecular weight excluding hydrogens is 470 g/mol. The monoisotopic (exact) mass is 501 g/mol. The lowest BCUT2D eigenvalue weighted by Crippen LogP contribution is -2.54. The second-order valence-electron chi connectivity index (χ2n) is 8.91. The van der Waals surface area contributed by atoms with Crippen LogP contribution in [0.25, 0.3) is 0 Å². The lowest BCUT2D eigenvalue weighted by Gasteiger charge is -2.42. The third-order valence-electron chi connectivity index (χ3n) is 6.43. The maximum Gasteiger partial charge on any atom is 0.262 e. The molecule has 0 aromatic heterocycles. The Bertz CT molecular complexity index is 1220. The van der Waals surface area contributed by atoms with E-state index in [9.17, 15) is 18.0 Å². The second kappa shape index (κ2) is 10.2. The van der Waals surface area contributed by atoms with E-state index in [0.717, 1.165) is 0 Å². The van der Waals surface area contributed by atoms with E-state index in [1.165, 1.54) is 12.1 Å². The smallest absolute Gasteiger partial charge is 0.262 e. The van der Waals surface area contributed by atoms with Crippen LogP contribution in [0.3, 0.4) is 0 Å². The molecule has 0 saturated carbocycles. The van der Waals surface area contributed by atoms with Gasteiger partial charge in [-0.1, -0.05) is 18.2 Å². The number of amides is 2. The summed E-state index contributed by atoms with van der Waals surface area (Å²) in [6.07, 6.45) is 1.00. The first-order chi connectivity index (χ1) is 16.7. The van der Waals surface area contributed by atoms with Crippen LogP contribution in [-0.2, 0) is 19.6 Å². The van der Waals surface area contributed by atoms with Crippen LogP contribution in [0.5, 0.6) is 5.75 Å². The van der Waals surface area contributed by atoms with Crippen molar-refractivity contribution in [3.8, 4) is 5.75 Å². The van der Waals surface area contributed by atoms with Crippen LogP contribution in [0.1, 0.15) is 42.1 Å². The van der Waals surface area contributed by atoms with Gasteiger partial charge in [-0.25, -0.2) is 8.42 Å². The Kier molecular flexibility index (Phi) is 7.32.